The van der Waals surface area contributed by atoms with E-state index in [1.807, 2.05) is 24.3 Å². The Morgan fingerprint density at radius 3 is 0.774 bits per heavy atom. The van der Waals surface area contributed by atoms with Gasteiger partial charge in [-0.15, -0.1) is 10.5 Å². The molecule has 0 amide bonds. The van der Waals surface area contributed by atoms with Crippen LogP contribution in [-0.4, -0.2) is 0 Å². The molecule has 0 saturated carbocycles. The van der Waals surface area contributed by atoms with E-state index in [4.69, 9.17) is 20.0 Å². The third kappa shape index (κ3) is 4.90. The van der Waals surface area contributed by atoms with E-state index in [0.717, 1.165) is 33.4 Å². The molecule has 0 aliphatic rings. The highest BCUT2D eigenvalue weighted by Crippen LogP contribution is 2.29. The molecule has 4 heteroatoms. The van der Waals surface area contributed by atoms with Gasteiger partial charge in [-0.2, -0.15) is 0 Å². The van der Waals surface area contributed by atoms with Crippen molar-refractivity contribution in [3.8, 4) is 57.4 Å². The lowest BCUT2D eigenvalue weighted by molar-refractivity contribution is 0.507. The van der Waals surface area contributed by atoms with Crippen molar-refractivity contribution in [2.24, 2.45) is 0 Å². The van der Waals surface area contributed by atoms with Crippen molar-refractivity contribution in [2.45, 2.75) is 7.43 Å². The fourth-order valence-electron chi connectivity index (χ4n) is 3.25. The predicted octanol–water partition coefficient (Wildman–Crippen LogP) is 7.04. The average Bonchev–Trinajstić information content (AvgIpc) is 2.81. The maximum absolute atomic E-state index is 8.57. The smallest absolute Gasteiger partial charge is 0.292 e. The van der Waals surface area contributed by atoms with E-state index in [1.54, 1.807) is 36.8 Å². The fraction of sp³-hybridized carbons (Fsp3) is 0.0370. The highest BCUT2D eigenvalue weighted by Gasteiger charge is 2.03. The zero-order valence-corrected chi connectivity index (χ0v) is 15.9. The Morgan fingerprint density at radius 2 is 0.581 bits per heavy atom. The second kappa shape index (κ2) is 9.78. The van der Waals surface area contributed by atoms with Crippen LogP contribution in [0.4, 0.5) is 0 Å². The summed E-state index contributed by atoms with van der Waals surface area (Å²) in [5.41, 5.74) is 6.58. The summed E-state index contributed by atoms with van der Waals surface area (Å²) in [4.78, 5) is 0. The minimum absolute atomic E-state index is 0. The van der Waals surface area contributed by atoms with Gasteiger partial charge in [0.05, 0.1) is 0 Å². The molecule has 4 aromatic rings. The van der Waals surface area contributed by atoms with Gasteiger partial charge in [-0.3, -0.25) is 0 Å². The van der Waals surface area contributed by atoms with Gasteiger partial charge in [0.1, 0.15) is 11.5 Å². The van der Waals surface area contributed by atoms with E-state index in [0.29, 0.717) is 11.5 Å². The van der Waals surface area contributed by atoms with Crippen LogP contribution in [0.2, 0.25) is 0 Å². The third-order valence-corrected chi connectivity index (χ3v) is 4.81. The molecule has 0 unspecified atom stereocenters. The molecule has 150 valence electrons. The summed E-state index contributed by atoms with van der Waals surface area (Å²) in [6, 6.07) is 31.6. The number of hydrogen-bond donors (Lipinski definition) is 0. The first-order valence-corrected chi connectivity index (χ1v) is 9.30. The molecule has 0 spiro atoms. The van der Waals surface area contributed by atoms with Gasteiger partial charge >= 0.3 is 0 Å². The maximum atomic E-state index is 8.57. The third-order valence-electron chi connectivity index (χ3n) is 4.81. The molecule has 4 rings (SSSR count). The van der Waals surface area contributed by atoms with Crippen molar-refractivity contribution in [3.63, 3.8) is 0 Å². The number of ether oxygens (including phenoxy) is 2. The minimum Gasteiger partial charge on any atom is -0.388 e. The molecule has 0 saturated heterocycles. The molecule has 0 radical (unpaired) electrons. The molecule has 0 heterocycles. The summed E-state index contributed by atoms with van der Waals surface area (Å²) >= 11 is 0. The number of hydrogen-bond acceptors (Lipinski definition) is 4. The Balaban J connectivity index is 0.00000272. The van der Waals surface area contributed by atoms with Crippen LogP contribution in [0.25, 0.3) is 33.4 Å². The first-order valence-electron chi connectivity index (χ1n) is 9.30. The van der Waals surface area contributed by atoms with E-state index in [2.05, 4.69) is 48.5 Å². The van der Waals surface area contributed by atoms with Gasteiger partial charge in [0, 0.05) is 0 Å². The monoisotopic (exact) mass is 404 g/mol. The fourth-order valence-corrected chi connectivity index (χ4v) is 3.25. The van der Waals surface area contributed by atoms with Crippen LogP contribution in [0.3, 0.4) is 0 Å². The Hall–Kier alpha value is -4.54. The second-order valence-corrected chi connectivity index (χ2v) is 6.59. The van der Waals surface area contributed by atoms with E-state index >= 15 is 0 Å². The molecular weight excluding hydrogens is 384 g/mol. The van der Waals surface area contributed by atoms with Crippen molar-refractivity contribution in [3.05, 3.63) is 97.1 Å². The van der Waals surface area contributed by atoms with Crippen LogP contribution < -0.4 is 9.47 Å². The van der Waals surface area contributed by atoms with Crippen LogP contribution in [-0.2, 0) is 0 Å². The van der Waals surface area contributed by atoms with E-state index < -0.39 is 0 Å². The lowest BCUT2D eigenvalue weighted by atomic mass is 9.98. The lowest BCUT2D eigenvalue weighted by Gasteiger charge is -2.07. The van der Waals surface area contributed by atoms with E-state index in [1.165, 1.54) is 0 Å². The summed E-state index contributed by atoms with van der Waals surface area (Å²) in [5.74, 6) is 1.07. The van der Waals surface area contributed by atoms with E-state index in [9.17, 15) is 0 Å². The highest BCUT2D eigenvalue weighted by molar-refractivity contribution is 5.73. The standard InChI is InChI=1S/C26H16N2O2.CH4/c27-17-29-25-13-9-23(10-14-25)21-5-1-19(2-6-21)20-3-7-22(8-4-20)24-11-15-26(16-12-24)30-18-28;/h1-16H;1H4. The summed E-state index contributed by atoms with van der Waals surface area (Å²) in [6.45, 7) is 0. The Kier molecular flexibility index (Phi) is 6.68. The molecule has 0 N–H and O–H groups in total. The first-order chi connectivity index (χ1) is 14.8. The van der Waals surface area contributed by atoms with Crippen molar-refractivity contribution >= 4 is 0 Å². The molecule has 0 bridgehead atoms. The van der Waals surface area contributed by atoms with Crippen LogP contribution in [0.1, 0.15) is 7.43 Å². The van der Waals surface area contributed by atoms with Crippen molar-refractivity contribution in [1.82, 2.24) is 0 Å². The molecule has 4 aromatic carbocycles. The van der Waals surface area contributed by atoms with Gasteiger partial charge in [-0.1, -0.05) is 80.2 Å². The summed E-state index contributed by atoms with van der Waals surface area (Å²) in [6.07, 6.45) is 3.35. The number of benzene rings is 4. The van der Waals surface area contributed by atoms with Crippen LogP contribution >= 0.6 is 0 Å². The Morgan fingerprint density at radius 1 is 0.387 bits per heavy atom. The van der Waals surface area contributed by atoms with Gasteiger partial charge in [0.25, 0.3) is 12.5 Å². The maximum Gasteiger partial charge on any atom is 0.292 e. The van der Waals surface area contributed by atoms with Crippen molar-refractivity contribution in [2.75, 3.05) is 0 Å². The number of nitriles is 2. The lowest BCUT2D eigenvalue weighted by Crippen LogP contribution is -1.84. The molecular formula is C27H20N2O2. The van der Waals surface area contributed by atoms with Gasteiger partial charge < -0.3 is 9.47 Å². The summed E-state index contributed by atoms with van der Waals surface area (Å²) < 4.78 is 9.64. The van der Waals surface area contributed by atoms with Crippen LogP contribution in [0, 0.1) is 23.0 Å². The highest BCUT2D eigenvalue weighted by atomic mass is 16.5. The van der Waals surface area contributed by atoms with Gasteiger partial charge in [-0.25, -0.2) is 0 Å². The van der Waals surface area contributed by atoms with Crippen LogP contribution in [0.15, 0.2) is 97.1 Å². The quantitative estimate of drug-likeness (QED) is 0.334. The number of rotatable bonds is 5. The molecule has 0 aliphatic heterocycles. The second-order valence-electron chi connectivity index (χ2n) is 6.59. The molecule has 0 atom stereocenters. The topological polar surface area (TPSA) is 66.0 Å². The molecule has 0 aliphatic carbocycles. The average molecular weight is 404 g/mol. The Bertz CT molecular complexity index is 1110. The van der Waals surface area contributed by atoms with Crippen LogP contribution in [0.5, 0.6) is 11.5 Å². The van der Waals surface area contributed by atoms with Gasteiger partial charge in [0.2, 0.25) is 0 Å². The van der Waals surface area contributed by atoms with Crippen molar-refractivity contribution in [1.29, 1.82) is 10.5 Å². The number of nitrogens with zero attached hydrogens (tertiary/aromatic N) is 2. The van der Waals surface area contributed by atoms with Gasteiger partial charge in [0.15, 0.2) is 0 Å². The molecule has 0 aromatic heterocycles. The first kappa shape index (κ1) is 21.2. The normalized spacial score (nSPS) is 9.61. The Labute approximate surface area is 182 Å². The van der Waals surface area contributed by atoms with E-state index in [-0.39, 0.29) is 7.43 Å². The summed E-state index contributed by atoms with van der Waals surface area (Å²) in [7, 11) is 0. The van der Waals surface area contributed by atoms with Gasteiger partial charge in [-0.05, 0) is 57.6 Å². The molecule has 4 nitrogen and oxygen atoms in total. The summed E-state index contributed by atoms with van der Waals surface area (Å²) in [5, 5.41) is 17.1. The predicted molar refractivity (Wildman–Crippen MR) is 122 cm³/mol. The largest absolute Gasteiger partial charge is 0.388 e. The zero-order valence-electron chi connectivity index (χ0n) is 15.9. The van der Waals surface area contributed by atoms with Crippen molar-refractivity contribution < 1.29 is 9.47 Å². The minimum atomic E-state index is 0. The SMILES string of the molecule is C.N#COc1ccc(-c2ccc(-c3ccc(-c4ccc(OC#N)cc4)cc3)cc2)cc1. The zero-order chi connectivity index (χ0) is 20.8. The molecule has 31 heavy (non-hydrogen) atoms. The molecule has 0 fully saturated rings.